The van der Waals surface area contributed by atoms with E-state index in [4.69, 9.17) is 4.74 Å². The zero-order valence-corrected chi connectivity index (χ0v) is 50.0. The Morgan fingerprint density at radius 3 is 1.05 bits per heavy atom. The molecule has 0 rings (SSSR count). The first-order chi connectivity index (χ1) is 37.0. The van der Waals surface area contributed by atoms with Crippen LogP contribution in [0.4, 0.5) is 0 Å². The van der Waals surface area contributed by atoms with E-state index in [1.807, 2.05) is 6.08 Å². The van der Waals surface area contributed by atoms with Gasteiger partial charge in [-0.1, -0.05) is 299 Å². The summed E-state index contributed by atoms with van der Waals surface area (Å²) in [7, 11) is 0. The molecule has 6 heteroatoms. The number of hydrogen-bond acceptors (Lipinski definition) is 5. The van der Waals surface area contributed by atoms with Crippen molar-refractivity contribution >= 4 is 11.9 Å². The van der Waals surface area contributed by atoms with Crippen LogP contribution in [-0.4, -0.2) is 47.4 Å². The quantitative estimate of drug-likeness (QED) is 0.0320. The van der Waals surface area contributed by atoms with Crippen molar-refractivity contribution in [1.29, 1.82) is 0 Å². The van der Waals surface area contributed by atoms with Crippen molar-refractivity contribution in [3.05, 3.63) is 60.8 Å². The number of allylic oxidation sites excluding steroid dienone is 9. The molecule has 0 radical (unpaired) electrons. The predicted molar refractivity (Wildman–Crippen MR) is 328 cm³/mol. The highest BCUT2D eigenvalue weighted by Crippen LogP contribution is 2.17. The molecular formula is C69H127NO5. The molecule has 0 aromatic carbocycles. The van der Waals surface area contributed by atoms with Crippen molar-refractivity contribution in [2.75, 3.05) is 13.2 Å². The lowest BCUT2D eigenvalue weighted by Crippen LogP contribution is -2.45. The van der Waals surface area contributed by atoms with Gasteiger partial charge < -0.3 is 20.3 Å². The summed E-state index contributed by atoms with van der Waals surface area (Å²) in [4.78, 5) is 24.4. The van der Waals surface area contributed by atoms with E-state index in [-0.39, 0.29) is 18.5 Å². The van der Waals surface area contributed by atoms with Gasteiger partial charge in [0.05, 0.1) is 25.4 Å². The minimum absolute atomic E-state index is 0.00133. The maximum Gasteiger partial charge on any atom is 0.305 e. The molecule has 2 unspecified atom stereocenters. The number of esters is 1. The number of aliphatic hydroxyl groups excluding tert-OH is 2. The third kappa shape index (κ3) is 60.6. The fourth-order valence-corrected chi connectivity index (χ4v) is 9.92. The van der Waals surface area contributed by atoms with Crippen LogP contribution in [0.3, 0.4) is 0 Å². The van der Waals surface area contributed by atoms with Crippen LogP contribution < -0.4 is 5.32 Å². The minimum atomic E-state index is -0.841. The van der Waals surface area contributed by atoms with Gasteiger partial charge in [-0.25, -0.2) is 0 Å². The average molecular weight is 1050 g/mol. The Labute approximate surface area is 467 Å². The number of hydrogen-bond donors (Lipinski definition) is 3. The Bertz CT molecular complexity index is 1300. The number of rotatable bonds is 61. The number of nitrogens with one attached hydrogen (secondary N) is 1. The molecule has 0 saturated carbocycles. The summed E-state index contributed by atoms with van der Waals surface area (Å²) in [6, 6.07) is -0.624. The van der Waals surface area contributed by atoms with Crippen molar-refractivity contribution in [2.24, 2.45) is 0 Å². The molecule has 3 N–H and O–H groups in total. The first-order valence-electron chi connectivity index (χ1n) is 33.1. The number of carbonyl (C=O) groups excluding carboxylic acids is 2. The maximum absolute atomic E-state index is 12.4. The van der Waals surface area contributed by atoms with Crippen LogP contribution in [0.1, 0.15) is 341 Å². The lowest BCUT2D eigenvalue weighted by atomic mass is 10.0. The molecule has 0 aliphatic carbocycles. The lowest BCUT2D eigenvalue weighted by Gasteiger charge is -2.20. The summed E-state index contributed by atoms with van der Waals surface area (Å²) in [5.41, 5.74) is 0. The third-order valence-electron chi connectivity index (χ3n) is 15.0. The van der Waals surface area contributed by atoms with Gasteiger partial charge >= 0.3 is 5.97 Å². The molecule has 0 aromatic heterocycles. The van der Waals surface area contributed by atoms with Crippen molar-refractivity contribution in [1.82, 2.24) is 5.32 Å². The van der Waals surface area contributed by atoms with Crippen molar-refractivity contribution in [3.63, 3.8) is 0 Å². The molecule has 0 spiro atoms. The number of unbranched alkanes of at least 4 members (excludes halogenated alkanes) is 42. The smallest absolute Gasteiger partial charge is 0.305 e. The minimum Gasteiger partial charge on any atom is -0.466 e. The number of ether oxygens (including phenoxy) is 1. The van der Waals surface area contributed by atoms with E-state index in [2.05, 4.69) is 67.8 Å². The Balaban J connectivity index is 3.36. The van der Waals surface area contributed by atoms with E-state index in [1.165, 1.54) is 257 Å². The van der Waals surface area contributed by atoms with Crippen LogP contribution in [0.25, 0.3) is 0 Å². The predicted octanol–water partition coefficient (Wildman–Crippen LogP) is 21.1. The van der Waals surface area contributed by atoms with Gasteiger partial charge in [-0.15, -0.1) is 0 Å². The first kappa shape index (κ1) is 72.6. The second kappa shape index (κ2) is 64.1. The highest BCUT2D eigenvalue weighted by atomic mass is 16.5. The molecule has 0 aliphatic heterocycles. The Hall–Kier alpha value is -2.44. The number of aliphatic hydroxyl groups is 2. The monoisotopic (exact) mass is 1050 g/mol. The molecule has 438 valence electrons. The summed E-state index contributed by atoms with van der Waals surface area (Å²) in [6.07, 6.45) is 84.5. The summed E-state index contributed by atoms with van der Waals surface area (Å²) >= 11 is 0. The van der Waals surface area contributed by atoms with Crippen LogP contribution in [-0.2, 0) is 14.3 Å². The second-order valence-electron chi connectivity index (χ2n) is 22.4. The second-order valence-corrected chi connectivity index (χ2v) is 22.4. The van der Waals surface area contributed by atoms with Gasteiger partial charge in [0.2, 0.25) is 5.91 Å². The van der Waals surface area contributed by atoms with E-state index in [1.54, 1.807) is 6.08 Å². The molecule has 1 amide bonds. The zero-order chi connectivity index (χ0) is 54.3. The molecule has 0 aromatic rings. The standard InChI is InChI=1S/C69H127NO5/c1-3-5-7-9-11-13-14-15-40-43-47-51-55-59-63-69(74)75-64-60-56-52-48-44-41-38-36-34-32-30-28-26-24-22-20-18-16-17-19-21-23-25-27-29-31-33-35-37-39-42-46-50-54-58-62-68(73)70-66(65-71)67(72)61-57-53-49-45-12-10-8-6-4-2/h9,11,14-15,18,20,24,26,57,61,66-67,71-72H,3-8,10,12-13,16-17,19,21-23,25,27-56,58-60,62-65H2,1-2H3,(H,70,73)/b11-9-,15-14-,20-18-,26-24-,61-57+. The van der Waals surface area contributed by atoms with Gasteiger partial charge in [-0.2, -0.15) is 0 Å². The topological polar surface area (TPSA) is 95.9 Å². The van der Waals surface area contributed by atoms with Crippen LogP contribution in [0.15, 0.2) is 60.8 Å². The van der Waals surface area contributed by atoms with Crippen LogP contribution in [0.2, 0.25) is 0 Å². The van der Waals surface area contributed by atoms with E-state index in [0.29, 0.717) is 19.4 Å². The molecular weight excluding hydrogens is 923 g/mol. The van der Waals surface area contributed by atoms with Gasteiger partial charge in [0.25, 0.3) is 0 Å². The van der Waals surface area contributed by atoms with Gasteiger partial charge in [0, 0.05) is 12.8 Å². The van der Waals surface area contributed by atoms with E-state index in [9.17, 15) is 19.8 Å². The summed E-state index contributed by atoms with van der Waals surface area (Å²) < 4.78 is 5.48. The molecule has 75 heavy (non-hydrogen) atoms. The number of carbonyl (C=O) groups is 2. The molecule has 0 heterocycles. The van der Waals surface area contributed by atoms with Crippen molar-refractivity contribution < 1.29 is 24.5 Å². The van der Waals surface area contributed by atoms with E-state index in [0.717, 1.165) is 57.8 Å². The highest BCUT2D eigenvalue weighted by molar-refractivity contribution is 5.76. The normalized spacial score (nSPS) is 13.0. The maximum atomic E-state index is 12.4. The van der Waals surface area contributed by atoms with Crippen molar-refractivity contribution in [2.45, 2.75) is 353 Å². The Kier molecular flexibility index (Phi) is 62.0. The van der Waals surface area contributed by atoms with Gasteiger partial charge in [0.1, 0.15) is 0 Å². The fourth-order valence-electron chi connectivity index (χ4n) is 9.92. The van der Waals surface area contributed by atoms with Crippen LogP contribution in [0, 0.1) is 0 Å². The van der Waals surface area contributed by atoms with Crippen LogP contribution >= 0.6 is 0 Å². The van der Waals surface area contributed by atoms with E-state index < -0.39 is 12.1 Å². The number of amides is 1. The van der Waals surface area contributed by atoms with Crippen molar-refractivity contribution in [3.8, 4) is 0 Å². The van der Waals surface area contributed by atoms with Crippen LogP contribution in [0.5, 0.6) is 0 Å². The summed E-state index contributed by atoms with van der Waals surface area (Å²) in [5.74, 6) is -0.0669. The molecule has 0 fully saturated rings. The largest absolute Gasteiger partial charge is 0.466 e. The van der Waals surface area contributed by atoms with Gasteiger partial charge in [0.15, 0.2) is 0 Å². The Morgan fingerprint density at radius 2 is 0.680 bits per heavy atom. The fraction of sp³-hybridized carbons (Fsp3) is 0.826. The Morgan fingerprint density at radius 1 is 0.373 bits per heavy atom. The molecule has 0 bridgehead atoms. The van der Waals surface area contributed by atoms with Gasteiger partial charge in [-0.3, -0.25) is 9.59 Å². The van der Waals surface area contributed by atoms with E-state index >= 15 is 0 Å². The van der Waals surface area contributed by atoms with Gasteiger partial charge in [-0.05, 0) is 89.9 Å². The SMILES string of the molecule is CCCC/C=C\C/C=C\CCCCCCCC(=O)OCCCCCCCCCCCCC/C=C\C/C=C\CCCCCCCCCCCCCCCCCCCC(=O)NC(CO)C(O)/C=C/CCCCCCCCC. The molecule has 2 atom stereocenters. The summed E-state index contributed by atoms with van der Waals surface area (Å²) in [5, 5.41) is 23.0. The third-order valence-corrected chi connectivity index (χ3v) is 15.0. The molecule has 0 saturated heterocycles. The highest BCUT2D eigenvalue weighted by Gasteiger charge is 2.18. The molecule has 6 nitrogen and oxygen atoms in total. The zero-order valence-electron chi connectivity index (χ0n) is 50.0. The summed E-state index contributed by atoms with van der Waals surface area (Å²) in [6.45, 7) is 4.84. The first-order valence-corrected chi connectivity index (χ1v) is 33.1. The molecule has 0 aliphatic rings. The lowest BCUT2D eigenvalue weighted by molar-refractivity contribution is -0.143. The average Bonchev–Trinajstić information content (AvgIpc) is 3.41.